The molecule has 2 bridgehead atoms. The summed E-state index contributed by atoms with van der Waals surface area (Å²) in [5.74, 6) is 0.259. The van der Waals surface area contributed by atoms with E-state index in [4.69, 9.17) is 0 Å². The van der Waals surface area contributed by atoms with Gasteiger partial charge in [0.05, 0.1) is 0 Å². The van der Waals surface area contributed by atoms with Crippen LogP contribution >= 0.6 is 0 Å². The van der Waals surface area contributed by atoms with Crippen LogP contribution in [0.5, 0.6) is 0 Å². The van der Waals surface area contributed by atoms with Crippen LogP contribution in [0, 0.1) is 0 Å². The first-order chi connectivity index (χ1) is 16.8. The Morgan fingerprint density at radius 3 is 1.35 bits per heavy atom. The number of Topliss-reactive ketones (excluding diaryl/α,β-unsaturated/α-hetero) is 1. The number of allylic oxidation sites excluding steroid dienone is 2. The summed E-state index contributed by atoms with van der Waals surface area (Å²) in [7, 11) is 0. The van der Waals surface area contributed by atoms with Gasteiger partial charge in [-0.1, -0.05) is 121 Å². The van der Waals surface area contributed by atoms with E-state index in [2.05, 4.69) is 109 Å². The van der Waals surface area contributed by atoms with Gasteiger partial charge in [-0.2, -0.15) is 0 Å². The van der Waals surface area contributed by atoms with Gasteiger partial charge < -0.3 is 0 Å². The maximum absolute atomic E-state index is 15.2. The summed E-state index contributed by atoms with van der Waals surface area (Å²) in [6.07, 6.45) is 0. The number of hydrogen-bond donors (Lipinski definition) is 0. The summed E-state index contributed by atoms with van der Waals surface area (Å²) < 4.78 is 0. The van der Waals surface area contributed by atoms with Crippen molar-refractivity contribution in [2.45, 2.75) is 10.8 Å². The summed E-state index contributed by atoms with van der Waals surface area (Å²) in [5, 5.41) is 2.50. The predicted molar refractivity (Wildman–Crippen MR) is 137 cm³/mol. The van der Waals surface area contributed by atoms with E-state index in [1.165, 1.54) is 33.0 Å². The van der Waals surface area contributed by atoms with Gasteiger partial charge in [0.25, 0.3) is 0 Å². The fourth-order valence-electron chi connectivity index (χ4n) is 7.20. The molecule has 1 nitrogen and oxygen atoms in total. The summed E-state index contributed by atoms with van der Waals surface area (Å²) in [6, 6.07) is 42.4. The van der Waals surface area contributed by atoms with E-state index in [0.717, 1.165) is 22.3 Å². The molecule has 0 aromatic heterocycles. The molecule has 0 amide bonds. The summed E-state index contributed by atoms with van der Waals surface area (Å²) in [6.45, 7) is 0. The molecule has 0 saturated carbocycles. The van der Waals surface area contributed by atoms with E-state index < -0.39 is 10.8 Å². The maximum atomic E-state index is 15.2. The largest absolute Gasteiger partial charge is 0.296 e. The van der Waals surface area contributed by atoms with E-state index in [9.17, 15) is 0 Å². The highest BCUT2D eigenvalue weighted by atomic mass is 16.1. The van der Waals surface area contributed by atoms with E-state index in [1.54, 1.807) is 0 Å². The van der Waals surface area contributed by atoms with Gasteiger partial charge >= 0.3 is 0 Å². The van der Waals surface area contributed by atoms with Gasteiger partial charge in [0.1, 0.15) is 10.8 Å². The van der Waals surface area contributed by atoms with Crippen molar-refractivity contribution in [2.24, 2.45) is 0 Å². The number of ketones is 1. The first-order valence-corrected chi connectivity index (χ1v) is 11.8. The van der Waals surface area contributed by atoms with Crippen molar-refractivity contribution < 1.29 is 4.79 Å². The Morgan fingerprint density at radius 2 is 0.882 bits per heavy atom. The topological polar surface area (TPSA) is 17.1 Å². The lowest BCUT2D eigenvalue weighted by Crippen LogP contribution is -2.38. The van der Waals surface area contributed by atoms with Crippen molar-refractivity contribution in [2.75, 3.05) is 0 Å². The Balaban J connectivity index is 1.64. The second-order valence-electron chi connectivity index (χ2n) is 9.57. The summed E-state index contributed by atoms with van der Waals surface area (Å²) >= 11 is 0. The number of carbonyl (C=O) groups excluding carboxylic acids is 1. The SMILES string of the molecule is O=C1C2(c3ccccc3)C3=C(c4cccc5cccc3c45)C1(c1ccccc1)c1ccccc12. The monoisotopic (exact) mass is 432 g/mol. The van der Waals surface area contributed by atoms with Crippen molar-refractivity contribution in [3.63, 3.8) is 0 Å². The lowest BCUT2D eigenvalue weighted by Gasteiger charge is -2.32. The van der Waals surface area contributed by atoms with E-state index >= 15 is 4.79 Å². The number of rotatable bonds is 2. The lowest BCUT2D eigenvalue weighted by molar-refractivity contribution is -0.122. The van der Waals surface area contributed by atoms with Gasteiger partial charge in [0.15, 0.2) is 5.78 Å². The van der Waals surface area contributed by atoms with Crippen LogP contribution in [0.3, 0.4) is 0 Å². The van der Waals surface area contributed by atoms with Crippen LogP contribution in [0.2, 0.25) is 0 Å². The molecular weight excluding hydrogens is 412 g/mol. The first kappa shape index (κ1) is 18.2. The molecule has 0 spiro atoms. The highest BCUT2D eigenvalue weighted by Crippen LogP contribution is 2.72. The third-order valence-electron chi connectivity index (χ3n) is 8.27. The highest BCUT2D eigenvalue weighted by molar-refractivity contribution is 6.38. The van der Waals surface area contributed by atoms with Gasteiger partial charge in [-0.3, -0.25) is 4.79 Å². The van der Waals surface area contributed by atoms with E-state index in [-0.39, 0.29) is 5.78 Å². The van der Waals surface area contributed by atoms with Gasteiger partial charge in [-0.15, -0.1) is 0 Å². The zero-order valence-corrected chi connectivity index (χ0v) is 18.5. The van der Waals surface area contributed by atoms with Gasteiger partial charge in [-0.05, 0) is 55.3 Å². The molecule has 0 N–H and O–H groups in total. The maximum Gasteiger partial charge on any atom is 0.171 e. The molecule has 34 heavy (non-hydrogen) atoms. The zero-order valence-electron chi connectivity index (χ0n) is 18.5. The van der Waals surface area contributed by atoms with Crippen LogP contribution in [0.4, 0.5) is 0 Å². The predicted octanol–water partition coefficient (Wildman–Crippen LogP) is 6.93. The fourth-order valence-corrected chi connectivity index (χ4v) is 7.20. The molecule has 0 aliphatic heterocycles. The highest BCUT2D eigenvalue weighted by Gasteiger charge is 2.71. The lowest BCUT2D eigenvalue weighted by atomic mass is 9.67. The molecule has 0 fully saturated rings. The van der Waals surface area contributed by atoms with Crippen molar-refractivity contribution in [1.29, 1.82) is 0 Å². The quantitative estimate of drug-likeness (QED) is 0.295. The fraction of sp³-hybridized carbons (Fsp3) is 0.0606. The van der Waals surface area contributed by atoms with Crippen molar-refractivity contribution in [1.82, 2.24) is 0 Å². The molecule has 2 unspecified atom stereocenters. The first-order valence-electron chi connectivity index (χ1n) is 11.8. The molecule has 5 aromatic rings. The van der Waals surface area contributed by atoms with Crippen LogP contribution in [0.25, 0.3) is 21.9 Å². The summed E-state index contributed by atoms with van der Waals surface area (Å²) in [4.78, 5) is 15.2. The number of fused-ring (bicyclic) bond motifs is 9. The molecule has 2 atom stereocenters. The Hall–Kier alpha value is -4.23. The summed E-state index contributed by atoms with van der Waals surface area (Å²) in [5.41, 5.74) is 7.47. The molecule has 0 heterocycles. The Bertz CT molecular complexity index is 1590. The second kappa shape index (κ2) is 6.01. The van der Waals surface area contributed by atoms with Crippen LogP contribution in [-0.2, 0) is 15.6 Å². The number of carbonyl (C=O) groups is 1. The second-order valence-corrected chi connectivity index (χ2v) is 9.57. The standard InChI is InChI=1S/C33H20O/c34-31-32(22-13-3-1-4-14-22)26-19-7-8-20-27(26)33(31,23-15-5-2-6-16-23)30-25-18-10-12-21-11-9-17-24(28(21)25)29(30)32/h1-20H. The third kappa shape index (κ3) is 1.75. The Morgan fingerprint density at radius 1 is 0.441 bits per heavy atom. The van der Waals surface area contributed by atoms with Crippen molar-refractivity contribution in [3.05, 3.63) is 155 Å². The molecule has 8 rings (SSSR count). The van der Waals surface area contributed by atoms with Crippen molar-refractivity contribution >= 4 is 27.7 Å². The molecule has 1 heteroatoms. The van der Waals surface area contributed by atoms with Crippen LogP contribution in [0.1, 0.15) is 33.4 Å². The molecule has 0 saturated heterocycles. The Kier molecular flexibility index (Phi) is 3.22. The van der Waals surface area contributed by atoms with Crippen LogP contribution in [-0.4, -0.2) is 5.78 Å². The number of benzene rings is 5. The van der Waals surface area contributed by atoms with Gasteiger partial charge in [0.2, 0.25) is 0 Å². The normalized spacial score (nSPS) is 23.5. The average molecular weight is 433 g/mol. The smallest absolute Gasteiger partial charge is 0.171 e. The molecular formula is C33H20O. The zero-order chi connectivity index (χ0) is 22.5. The molecule has 3 aliphatic carbocycles. The number of hydrogen-bond acceptors (Lipinski definition) is 1. The Labute approximate surface area is 198 Å². The van der Waals surface area contributed by atoms with Crippen molar-refractivity contribution in [3.8, 4) is 0 Å². The minimum atomic E-state index is -0.823. The average Bonchev–Trinajstić information content (AvgIpc) is 3.45. The van der Waals surface area contributed by atoms with E-state index in [1.807, 2.05) is 12.1 Å². The molecule has 158 valence electrons. The molecule has 5 aromatic carbocycles. The third-order valence-corrected chi connectivity index (χ3v) is 8.27. The van der Waals surface area contributed by atoms with Crippen LogP contribution < -0.4 is 0 Å². The van der Waals surface area contributed by atoms with Crippen LogP contribution in [0.15, 0.2) is 121 Å². The minimum absolute atomic E-state index is 0.259. The van der Waals surface area contributed by atoms with Gasteiger partial charge in [-0.25, -0.2) is 0 Å². The molecule has 3 aliphatic rings. The minimum Gasteiger partial charge on any atom is -0.296 e. The van der Waals surface area contributed by atoms with Gasteiger partial charge in [0, 0.05) is 0 Å². The van der Waals surface area contributed by atoms with E-state index in [0.29, 0.717) is 0 Å². The molecule has 0 radical (unpaired) electrons.